The van der Waals surface area contributed by atoms with Crippen molar-refractivity contribution in [1.82, 2.24) is 4.98 Å². The van der Waals surface area contributed by atoms with E-state index >= 15 is 0 Å². The number of hydrogen-bond donors (Lipinski definition) is 0. The average Bonchev–Trinajstić information content (AvgIpc) is 2.90. The first kappa shape index (κ1) is 14.7. The molecule has 0 radical (unpaired) electrons. The summed E-state index contributed by atoms with van der Waals surface area (Å²) in [4.78, 5) is 18.1. The number of aromatic nitrogens is 1. The minimum Gasteiger partial charge on any atom is -0.287 e. The molecule has 0 aliphatic rings. The van der Waals surface area contributed by atoms with Crippen LogP contribution in [0.3, 0.4) is 0 Å². The Morgan fingerprint density at radius 1 is 1.35 bits per heavy atom. The molecule has 0 bridgehead atoms. The Bertz CT molecular complexity index is 737. The average molecular weight is 310 g/mol. The van der Waals surface area contributed by atoms with Gasteiger partial charge in [-0.05, 0) is 24.6 Å². The number of hydrogen-bond acceptors (Lipinski definition) is 5. The predicted molar refractivity (Wildman–Crippen MR) is 79.1 cm³/mol. The molecule has 20 heavy (non-hydrogen) atoms. The van der Waals surface area contributed by atoms with Crippen LogP contribution in [0.1, 0.15) is 15.9 Å². The maximum Gasteiger partial charge on any atom is 0.260 e. The highest BCUT2D eigenvalue weighted by molar-refractivity contribution is 7.90. The van der Waals surface area contributed by atoms with E-state index in [-0.39, 0.29) is 10.8 Å². The lowest BCUT2D eigenvalue weighted by atomic mass is 10.1. The SMILES string of the molecule is Cc1ccc(S(C)(=O)=O)cc1C(=O)N(C)c1nccs1. The smallest absolute Gasteiger partial charge is 0.260 e. The zero-order valence-corrected chi connectivity index (χ0v) is 13.0. The summed E-state index contributed by atoms with van der Waals surface area (Å²) in [7, 11) is -1.72. The summed E-state index contributed by atoms with van der Waals surface area (Å²) < 4.78 is 23.2. The first-order valence-corrected chi connectivity index (χ1v) is 8.56. The highest BCUT2D eigenvalue weighted by Crippen LogP contribution is 2.21. The monoisotopic (exact) mass is 310 g/mol. The Labute approximate surface area is 121 Å². The first-order valence-electron chi connectivity index (χ1n) is 5.79. The number of amides is 1. The molecule has 0 fully saturated rings. The number of carbonyl (C=O) groups is 1. The van der Waals surface area contributed by atoms with Gasteiger partial charge in [-0.3, -0.25) is 9.69 Å². The second kappa shape index (κ2) is 5.34. The molecule has 0 N–H and O–H groups in total. The molecular formula is C13H14N2O3S2. The topological polar surface area (TPSA) is 67.3 Å². The summed E-state index contributed by atoms with van der Waals surface area (Å²) in [5.74, 6) is -0.275. The standard InChI is InChI=1S/C13H14N2O3S2/c1-9-4-5-10(20(3,17)18)8-11(9)12(16)15(2)13-14-6-7-19-13/h4-8H,1-3H3. The van der Waals surface area contributed by atoms with E-state index in [4.69, 9.17) is 0 Å². The van der Waals surface area contributed by atoms with Crippen LogP contribution in [0.25, 0.3) is 0 Å². The summed E-state index contributed by atoms with van der Waals surface area (Å²) in [5.41, 5.74) is 1.09. The van der Waals surface area contributed by atoms with Crippen LogP contribution in [0.2, 0.25) is 0 Å². The van der Waals surface area contributed by atoms with Gasteiger partial charge in [0.1, 0.15) is 0 Å². The molecule has 0 saturated carbocycles. The second-order valence-electron chi connectivity index (χ2n) is 4.43. The Balaban J connectivity index is 2.44. The van der Waals surface area contributed by atoms with Gasteiger partial charge >= 0.3 is 0 Å². The Morgan fingerprint density at radius 2 is 2.05 bits per heavy atom. The van der Waals surface area contributed by atoms with E-state index in [0.717, 1.165) is 11.8 Å². The number of sulfone groups is 1. The van der Waals surface area contributed by atoms with E-state index in [0.29, 0.717) is 10.7 Å². The number of nitrogens with zero attached hydrogens (tertiary/aromatic N) is 2. The summed E-state index contributed by atoms with van der Waals surface area (Å²) in [6, 6.07) is 4.56. The third-order valence-corrected chi connectivity index (χ3v) is 4.84. The molecule has 5 nitrogen and oxygen atoms in total. The van der Waals surface area contributed by atoms with E-state index < -0.39 is 9.84 Å². The predicted octanol–water partition coefficient (Wildman–Crippen LogP) is 2.13. The molecule has 7 heteroatoms. The molecule has 0 aliphatic heterocycles. The van der Waals surface area contributed by atoms with Crippen molar-refractivity contribution in [2.75, 3.05) is 18.2 Å². The number of benzene rings is 1. The maximum atomic E-state index is 12.4. The molecule has 1 amide bonds. The minimum absolute atomic E-state index is 0.138. The fraction of sp³-hybridized carbons (Fsp3) is 0.231. The van der Waals surface area contributed by atoms with Crippen molar-refractivity contribution < 1.29 is 13.2 Å². The van der Waals surface area contributed by atoms with Gasteiger partial charge in [0, 0.05) is 30.4 Å². The number of rotatable bonds is 3. The van der Waals surface area contributed by atoms with Crippen LogP contribution < -0.4 is 4.90 Å². The molecule has 0 aliphatic carbocycles. The van der Waals surface area contributed by atoms with Crippen molar-refractivity contribution in [3.05, 3.63) is 40.9 Å². The Kier molecular flexibility index (Phi) is 3.92. The highest BCUT2D eigenvalue weighted by atomic mass is 32.2. The zero-order chi connectivity index (χ0) is 14.9. The summed E-state index contributed by atoms with van der Waals surface area (Å²) in [6.45, 7) is 1.77. The molecule has 2 rings (SSSR count). The van der Waals surface area contributed by atoms with Crippen molar-refractivity contribution >= 4 is 32.2 Å². The summed E-state index contributed by atoms with van der Waals surface area (Å²) >= 11 is 1.35. The quantitative estimate of drug-likeness (QED) is 0.871. The van der Waals surface area contributed by atoms with Gasteiger partial charge in [-0.2, -0.15) is 0 Å². The molecule has 0 unspecified atom stereocenters. The third-order valence-electron chi connectivity index (χ3n) is 2.88. The molecule has 2 aromatic rings. The Hall–Kier alpha value is -1.73. The van der Waals surface area contributed by atoms with Crippen molar-refractivity contribution in [3.8, 4) is 0 Å². The molecule has 1 aromatic carbocycles. The van der Waals surface area contributed by atoms with E-state index in [1.165, 1.54) is 28.4 Å². The van der Waals surface area contributed by atoms with E-state index in [2.05, 4.69) is 4.98 Å². The maximum absolute atomic E-state index is 12.4. The van der Waals surface area contributed by atoms with Gasteiger partial charge in [0.15, 0.2) is 15.0 Å². The van der Waals surface area contributed by atoms with Gasteiger partial charge in [-0.15, -0.1) is 11.3 Å². The van der Waals surface area contributed by atoms with Crippen molar-refractivity contribution in [2.24, 2.45) is 0 Å². The lowest BCUT2D eigenvalue weighted by Crippen LogP contribution is -2.27. The zero-order valence-electron chi connectivity index (χ0n) is 11.3. The van der Waals surface area contributed by atoms with Crippen molar-refractivity contribution in [3.63, 3.8) is 0 Å². The molecule has 0 atom stereocenters. The second-order valence-corrected chi connectivity index (χ2v) is 7.32. The van der Waals surface area contributed by atoms with Gasteiger partial charge in [-0.1, -0.05) is 6.07 Å². The number of aryl methyl sites for hydroxylation is 1. The number of anilines is 1. The number of carbonyl (C=O) groups excluding carboxylic acids is 1. The van der Waals surface area contributed by atoms with Gasteiger partial charge in [0.05, 0.1) is 4.90 Å². The largest absolute Gasteiger partial charge is 0.287 e. The van der Waals surface area contributed by atoms with Crippen LogP contribution in [0.5, 0.6) is 0 Å². The fourth-order valence-electron chi connectivity index (χ4n) is 1.71. The normalized spacial score (nSPS) is 11.3. The fourth-order valence-corrected chi connectivity index (χ4v) is 2.96. The summed E-state index contributed by atoms with van der Waals surface area (Å²) in [6.07, 6.45) is 2.74. The van der Waals surface area contributed by atoms with Crippen molar-refractivity contribution in [1.29, 1.82) is 0 Å². The Morgan fingerprint density at radius 3 is 2.60 bits per heavy atom. The van der Waals surface area contributed by atoms with Gasteiger partial charge in [0.25, 0.3) is 5.91 Å². The van der Waals surface area contributed by atoms with Crippen LogP contribution in [-0.4, -0.2) is 32.6 Å². The first-order chi connectivity index (χ1) is 9.30. The van der Waals surface area contributed by atoms with Crippen LogP contribution in [0.15, 0.2) is 34.7 Å². The third kappa shape index (κ3) is 2.88. The lowest BCUT2D eigenvalue weighted by molar-refractivity contribution is 0.0992. The molecule has 0 saturated heterocycles. The minimum atomic E-state index is -3.34. The van der Waals surface area contributed by atoms with E-state index in [1.54, 1.807) is 31.6 Å². The van der Waals surface area contributed by atoms with Gasteiger partial charge < -0.3 is 0 Å². The van der Waals surface area contributed by atoms with Crippen LogP contribution >= 0.6 is 11.3 Å². The van der Waals surface area contributed by atoms with Crippen LogP contribution in [0, 0.1) is 6.92 Å². The van der Waals surface area contributed by atoms with Gasteiger partial charge in [-0.25, -0.2) is 13.4 Å². The van der Waals surface area contributed by atoms with Crippen LogP contribution in [0.4, 0.5) is 5.13 Å². The van der Waals surface area contributed by atoms with E-state index in [9.17, 15) is 13.2 Å². The lowest BCUT2D eigenvalue weighted by Gasteiger charge is -2.15. The van der Waals surface area contributed by atoms with Crippen LogP contribution in [-0.2, 0) is 9.84 Å². The van der Waals surface area contributed by atoms with E-state index in [1.807, 2.05) is 0 Å². The molecule has 1 heterocycles. The number of thiazole rings is 1. The van der Waals surface area contributed by atoms with Gasteiger partial charge in [0.2, 0.25) is 0 Å². The molecule has 0 spiro atoms. The highest BCUT2D eigenvalue weighted by Gasteiger charge is 2.19. The summed E-state index contributed by atoms with van der Waals surface area (Å²) in [5, 5.41) is 2.35. The molecular weight excluding hydrogens is 296 g/mol. The molecule has 1 aromatic heterocycles. The van der Waals surface area contributed by atoms with Crippen molar-refractivity contribution in [2.45, 2.75) is 11.8 Å². The molecule has 106 valence electrons.